The number of rotatable bonds is 6. The molecule has 25 heavy (non-hydrogen) atoms. The summed E-state index contributed by atoms with van der Waals surface area (Å²) in [5.74, 6) is 1.94. The minimum atomic E-state index is -0.106. The Kier molecular flexibility index (Phi) is 5.26. The van der Waals surface area contributed by atoms with Gasteiger partial charge in [0.2, 0.25) is 5.91 Å². The third-order valence-electron chi connectivity index (χ3n) is 3.55. The highest BCUT2D eigenvalue weighted by molar-refractivity contribution is 5.92. The van der Waals surface area contributed by atoms with Crippen molar-refractivity contribution in [2.75, 3.05) is 12.4 Å². The van der Waals surface area contributed by atoms with E-state index in [1.54, 1.807) is 43.8 Å². The molecule has 0 radical (unpaired) electrons. The van der Waals surface area contributed by atoms with Crippen LogP contribution >= 0.6 is 0 Å². The van der Waals surface area contributed by atoms with E-state index in [-0.39, 0.29) is 12.3 Å². The average Bonchev–Trinajstić information content (AvgIpc) is 2.64. The molecular weight excluding hydrogens is 316 g/mol. The largest absolute Gasteiger partial charge is 0.496 e. The van der Waals surface area contributed by atoms with Gasteiger partial charge in [-0.1, -0.05) is 18.2 Å². The highest BCUT2D eigenvalue weighted by atomic mass is 16.5. The number of nitrogens with zero attached hydrogens (tertiary/aromatic N) is 1. The van der Waals surface area contributed by atoms with Crippen LogP contribution in [0.5, 0.6) is 17.2 Å². The molecule has 0 aliphatic heterocycles. The number of carbonyl (C=O) groups is 1. The van der Waals surface area contributed by atoms with Crippen molar-refractivity contribution in [3.8, 4) is 17.2 Å². The summed E-state index contributed by atoms with van der Waals surface area (Å²) in [5.41, 5.74) is 1.55. The van der Waals surface area contributed by atoms with Gasteiger partial charge in [-0.25, -0.2) is 0 Å². The van der Waals surface area contributed by atoms with Crippen LogP contribution in [0, 0.1) is 0 Å². The Morgan fingerprint density at radius 3 is 2.52 bits per heavy atom. The molecule has 0 spiro atoms. The zero-order valence-corrected chi connectivity index (χ0v) is 13.8. The molecular formula is C20H18N2O3. The molecule has 3 aromatic rings. The molecule has 0 fully saturated rings. The molecule has 0 unspecified atom stereocenters. The molecule has 0 atom stereocenters. The summed E-state index contributed by atoms with van der Waals surface area (Å²) in [6, 6.07) is 18.3. The van der Waals surface area contributed by atoms with E-state index in [9.17, 15) is 4.79 Å². The first-order chi connectivity index (χ1) is 12.2. The Hall–Kier alpha value is -3.34. The van der Waals surface area contributed by atoms with E-state index in [1.165, 1.54) is 0 Å². The van der Waals surface area contributed by atoms with Gasteiger partial charge < -0.3 is 14.8 Å². The number of ether oxygens (including phenoxy) is 2. The molecule has 0 bridgehead atoms. The number of benzene rings is 2. The van der Waals surface area contributed by atoms with Gasteiger partial charge in [-0.05, 0) is 42.5 Å². The molecule has 0 aliphatic rings. The van der Waals surface area contributed by atoms with Crippen molar-refractivity contribution < 1.29 is 14.3 Å². The Bertz CT molecular complexity index is 833. The lowest BCUT2D eigenvalue weighted by Gasteiger charge is -2.10. The normalized spacial score (nSPS) is 10.1. The summed E-state index contributed by atoms with van der Waals surface area (Å²) in [6.07, 6.45) is 3.58. The summed E-state index contributed by atoms with van der Waals surface area (Å²) in [7, 11) is 1.59. The van der Waals surface area contributed by atoms with Crippen molar-refractivity contribution in [1.29, 1.82) is 0 Å². The van der Waals surface area contributed by atoms with E-state index in [2.05, 4.69) is 10.3 Å². The lowest BCUT2D eigenvalue weighted by atomic mass is 10.1. The quantitative estimate of drug-likeness (QED) is 0.738. The van der Waals surface area contributed by atoms with Crippen LogP contribution in [0.3, 0.4) is 0 Å². The van der Waals surface area contributed by atoms with Crippen molar-refractivity contribution in [2.45, 2.75) is 6.42 Å². The second-order valence-electron chi connectivity index (χ2n) is 5.35. The van der Waals surface area contributed by atoms with Gasteiger partial charge in [0.05, 0.1) is 19.7 Å². The number of nitrogens with one attached hydrogen (secondary N) is 1. The molecule has 0 aliphatic carbocycles. The first-order valence-corrected chi connectivity index (χ1v) is 7.84. The molecule has 1 aromatic heterocycles. The summed E-state index contributed by atoms with van der Waals surface area (Å²) in [5, 5.41) is 2.87. The number of carbonyl (C=O) groups excluding carboxylic acids is 1. The second kappa shape index (κ2) is 7.97. The Labute approximate surface area is 146 Å². The average molecular weight is 334 g/mol. The monoisotopic (exact) mass is 334 g/mol. The number of anilines is 1. The summed E-state index contributed by atoms with van der Waals surface area (Å²) in [6.45, 7) is 0. The molecule has 1 N–H and O–H groups in total. The van der Waals surface area contributed by atoms with Crippen LogP contribution in [0.4, 0.5) is 5.69 Å². The van der Waals surface area contributed by atoms with Gasteiger partial charge in [-0.2, -0.15) is 0 Å². The minimum absolute atomic E-state index is 0.106. The summed E-state index contributed by atoms with van der Waals surface area (Å²) >= 11 is 0. The van der Waals surface area contributed by atoms with Crippen molar-refractivity contribution >= 4 is 11.6 Å². The molecule has 1 heterocycles. The number of pyridine rings is 1. The number of hydrogen-bond donors (Lipinski definition) is 1. The lowest BCUT2D eigenvalue weighted by molar-refractivity contribution is -0.115. The van der Waals surface area contributed by atoms with Gasteiger partial charge in [-0.3, -0.25) is 9.78 Å². The molecule has 1 amide bonds. The standard InChI is InChI=1S/C20H18N2O3/c1-24-19-7-3-2-5-15(19)13-20(23)22-16-8-10-17(11-9-16)25-18-6-4-12-21-14-18/h2-12,14H,13H2,1H3,(H,22,23). The van der Waals surface area contributed by atoms with Gasteiger partial charge in [0.15, 0.2) is 0 Å². The molecule has 5 nitrogen and oxygen atoms in total. The zero-order valence-electron chi connectivity index (χ0n) is 13.8. The predicted octanol–water partition coefficient (Wildman–Crippen LogP) is 4.06. The van der Waals surface area contributed by atoms with E-state index in [0.717, 1.165) is 5.56 Å². The number of methoxy groups -OCH3 is 1. The second-order valence-corrected chi connectivity index (χ2v) is 5.35. The third kappa shape index (κ3) is 4.57. The summed E-state index contributed by atoms with van der Waals surface area (Å²) in [4.78, 5) is 16.2. The Morgan fingerprint density at radius 1 is 1.00 bits per heavy atom. The van der Waals surface area contributed by atoms with Gasteiger partial charge >= 0.3 is 0 Å². The fraction of sp³-hybridized carbons (Fsp3) is 0.100. The van der Waals surface area contributed by atoms with Crippen LogP contribution in [0.15, 0.2) is 73.1 Å². The minimum Gasteiger partial charge on any atom is -0.496 e. The van der Waals surface area contributed by atoms with Crippen molar-refractivity contribution in [1.82, 2.24) is 4.98 Å². The fourth-order valence-electron chi connectivity index (χ4n) is 2.38. The van der Waals surface area contributed by atoms with Gasteiger partial charge in [-0.15, -0.1) is 0 Å². The highest BCUT2D eigenvalue weighted by Gasteiger charge is 2.08. The van der Waals surface area contributed by atoms with Gasteiger partial charge in [0.1, 0.15) is 17.2 Å². The van der Waals surface area contributed by atoms with Crippen molar-refractivity contribution in [3.63, 3.8) is 0 Å². The fourth-order valence-corrected chi connectivity index (χ4v) is 2.38. The van der Waals surface area contributed by atoms with Crippen LogP contribution in [-0.2, 0) is 11.2 Å². The predicted molar refractivity (Wildman–Crippen MR) is 96.1 cm³/mol. The lowest BCUT2D eigenvalue weighted by Crippen LogP contribution is -2.14. The van der Waals surface area contributed by atoms with E-state index in [0.29, 0.717) is 22.9 Å². The van der Waals surface area contributed by atoms with E-state index in [4.69, 9.17) is 9.47 Å². The van der Waals surface area contributed by atoms with Gasteiger partial charge in [0.25, 0.3) is 0 Å². The number of amides is 1. The smallest absolute Gasteiger partial charge is 0.228 e. The van der Waals surface area contributed by atoms with Crippen molar-refractivity contribution in [3.05, 3.63) is 78.6 Å². The number of hydrogen-bond acceptors (Lipinski definition) is 4. The molecule has 126 valence electrons. The topological polar surface area (TPSA) is 60.5 Å². The summed E-state index contributed by atoms with van der Waals surface area (Å²) < 4.78 is 10.9. The van der Waals surface area contributed by atoms with E-state index >= 15 is 0 Å². The third-order valence-corrected chi connectivity index (χ3v) is 3.55. The molecule has 3 rings (SSSR count). The number of para-hydroxylation sites is 1. The maximum absolute atomic E-state index is 12.2. The Morgan fingerprint density at radius 2 is 1.80 bits per heavy atom. The first-order valence-electron chi connectivity index (χ1n) is 7.84. The maximum atomic E-state index is 12.2. The van der Waals surface area contributed by atoms with Crippen molar-refractivity contribution in [2.24, 2.45) is 0 Å². The highest BCUT2D eigenvalue weighted by Crippen LogP contribution is 2.23. The molecule has 2 aromatic carbocycles. The van der Waals surface area contributed by atoms with Crippen LogP contribution in [0.25, 0.3) is 0 Å². The zero-order chi connectivity index (χ0) is 17.5. The molecule has 0 saturated heterocycles. The SMILES string of the molecule is COc1ccccc1CC(=O)Nc1ccc(Oc2cccnc2)cc1. The molecule has 0 saturated carbocycles. The van der Waals surface area contributed by atoms with E-state index < -0.39 is 0 Å². The van der Waals surface area contributed by atoms with E-state index in [1.807, 2.05) is 36.4 Å². The first kappa shape index (κ1) is 16.5. The van der Waals surface area contributed by atoms with Gasteiger partial charge in [0, 0.05) is 17.4 Å². The Balaban J connectivity index is 1.60. The molecule has 5 heteroatoms. The van der Waals surface area contributed by atoms with Crippen LogP contribution in [-0.4, -0.2) is 18.0 Å². The maximum Gasteiger partial charge on any atom is 0.228 e. The van der Waals surface area contributed by atoms with Crippen LogP contribution in [0.1, 0.15) is 5.56 Å². The number of aromatic nitrogens is 1. The van der Waals surface area contributed by atoms with Crippen LogP contribution in [0.2, 0.25) is 0 Å². The van der Waals surface area contributed by atoms with Crippen LogP contribution < -0.4 is 14.8 Å².